The molecule has 32 heavy (non-hydrogen) atoms. The summed E-state index contributed by atoms with van der Waals surface area (Å²) in [5, 5.41) is 12.1. The molecule has 0 radical (unpaired) electrons. The van der Waals surface area contributed by atoms with E-state index >= 15 is 0 Å². The first-order valence-electron chi connectivity index (χ1n) is 10.7. The predicted octanol–water partition coefficient (Wildman–Crippen LogP) is 3.83. The van der Waals surface area contributed by atoms with Gasteiger partial charge in [0.15, 0.2) is 0 Å². The second-order valence-electron chi connectivity index (χ2n) is 7.16. The van der Waals surface area contributed by atoms with E-state index in [4.69, 9.17) is 4.74 Å². The van der Waals surface area contributed by atoms with E-state index in [1.807, 2.05) is 44.3 Å². The number of carbonyl (C=O) groups is 2. The zero-order chi connectivity index (χ0) is 23.8. The predicted molar refractivity (Wildman–Crippen MR) is 122 cm³/mol. The van der Waals surface area contributed by atoms with Crippen LogP contribution in [0.4, 0.5) is 0 Å². The Kier molecular flexibility index (Phi) is 12.9. The summed E-state index contributed by atoms with van der Waals surface area (Å²) in [7, 11) is 0. The van der Waals surface area contributed by atoms with Gasteiger partial charge in [0, 0.05) is 24.7 Å². The van der Waals surface area contributed by atoms with Crippen molar-refractivity contribution < 1.29 is 24.3 Å². The summed E-state index contributed by atoms with van der Waals surface area (Å²) in [4.78, 5) is 42.6. The van der Waals surface area contributed by atoms with Gasteiger partial charge in [-0.2, -0.15) is 0 Å². The van der Waals surface area contributed by atoms with E-state index in [9.17, 15) is 19.7 Å². The van der Waals surface area contributed by atoms with E-state index in [0.29, 0.717) is 25.7 Å². The highest BCUT2D eigenvalue weighted by molar-refractivity contribution is 5.84. The lowest BCUT2D eigenvalue weighted by atomic mass is 10.0. The SMILES string of the molecule is C=C/C=C\c1[nH]cc(CC(NC(=O)CCC/C=C\C)C(=O)OCCCCO[N+](=O)[O-])c1C. The highest BCUT2D eigenvalue weighted by Crippen LogP contribution is 2.17. The van der Waals surface area contributed by atoms with E-state index in [0.717, 1.165) is 23.2 Å². The lowest BCUT2D eigenvalue weighted by molar-refractivity contribution is -0.757. The number of hydrogen-bond donors (Lipinski definition) is 2. The number of esters is 1. The average molecular weight is 448 g/mol. The van der Waals surface area contributed by atoms with Gasteiger partial charge in [-0.3, -0.25) is 4.79 Å². The average Bonchev–Trinajstić information content (AvgIpc) is 3.10. The van der Waals surface area contributed by atoms with Crippen molar-refractivity contribution in [3.63, 3.8) is 0 Å². The quantitative estimate of drug-likeness (QED) is 0.0991. The minimum absolute atomic E-state index is 0.0551. The molecule has 0 fully saturated rings. The Morgan fingerprint density at radius 3 is 2.75 bits per heavy atom. The summed E-state index contributed by atoms with van der Waals surface area (Å²) in [6.45, 7) is 7.55. The Hall–Kier alpha value is -3.36. The third kappa shape index (κ3) is 10.6. The van der Waals surface area contributed by atoms with Gasteiger partial charge >= 0.3 is 5.97 Å². The van der Waals surface area contributed by atoms with Gasteiger partial charge in [-0.1, -0.05) is 30.9 Å². The molecule has 1 amide bonds. The van der Waals surface area contributed by atoms with Gasteiger partial charge in [0.1, 0.15) is 6.04 Å². The Balaban J connectivity index is 2.73. The normalized spacial score (nSPS) is 12.1. The second-order valence-corrected chi connectivity index (χ2v) is 7.16. The number of nitrogens with zero attached hydrogens (tertiary/aromatic N) is 1. The lowest BCUT2D eigenvalue weighted by Gasteiger charge is -2.18. The van der Waals surface area contributed by atoms with Crippen LogP contribution in [0.25, 0.3) is 6.08 Å². The van der Waals surface area contributed by atoms with E-state index < -0.39 is 17.1 Å². The van der Waals surface area contributed by atoms with E-state index in [1.54, 1.807) is 6.08 Å². The Bertz CT molecular complexity index is 813. The molecule has 0 saturated heterocycles. The summed E-state index contributed by atoms with van der Waals surface area (Å²) < 4.78 is 5.31. The standard InChI is InChI=1S/C23H33N3O6/c1-4-6-8-9-13-22(27)25-21(23(28)31-14-10-11-15-32-26(29)30)16-19-17-24-20(18(19)3)12-7-5-2/h4-7,12,17,21,24H,2,8-11,13-16H2,1,3H3,(H,25,27)/b6-4-,12-7-. The summed E-state index contributed by atoms with van der Waals surface area (Å²) in [6, 6.07) is -0.829. The molecule has 1 unspecified atom stereocenters. The highest BCUT2D eigenvalue weighted by atomic mass is 16.9. The summed E-state index contributed by atoms with van der Waals surface area (Å²) in [5.41, 5.74) is 2.76. The van der Waals surface area contributed by atoms with Crippen molar-refractivity contribution in [1.29, 1.82) is 0 Å². The molecule has 1 atom stereocenters. The topological polar surface area (TPSA) is 124 Å². The number of carbonyl (C=O) groups excluding carboxylic acids is 2. The molecule has 1 aromatic rings. The number of aromatic amines is 1. The van der Waals surface area contributed by atoms with Gasteiger partial charge < -0.3 is 19.9 Å². The van der Waals surface area contributed by atoms with E-state index in [1.165, 1.54) is 0 Å². The number of amides is 1. The number of nitrogens with one attached hydrogen (secondary N) is 2. The molecule has 0 bridgehead atoms. The fourth-order valence-corrected chi connectivity index (χ4v) is 2.95. The van der Waals surface area contributed by atoms with Crippen molar-refractivity contribution in [2.24, 2.45) is 0 Å². The van der Waals surface area contributed by atoms with Crippen LogP contribution < -0.4 is 5.32 Å². The molecule has 0 spiro atoms. The molecule has 0 aromatic carbocycles. The molecule has 9 nitrogen and oxygen atoms in total. The van der Waals surface area contributed by atoms with Crippen molar-refractivity contribution in [3.8, 4) is 0 Å². The maximum atomic E-state index is 12.7. The third-order valence-corrected chi connectivity index (χ3v) is 4.72. The van der Waals surface area contributed by atoms with Crippen LogP contribution in [0.3, 0.4) is 0 Å². The fourth-order valence-electron chi connectivity index (χ4n) is 2.95. The van der Waals surface area contributed by atoms with E-state index in [2.05, 4.69) is 21.7 Å². The summed E-state index contributed by atoms with van der Waals surface area (Å²) in [5.74, 6) is -0.749. The highest BCUT2D eigenvalue weighted by Gasteiger charge is 2.24. The van der Waals surface area contributed by atoms with Crippen molar-refractivity contribution in [2.75, 3.05) is 13.2 Å². The molecular weight excluding hydrogens is 414 g/mol. The molecule has 1 aromatic heterocycles. The molecule has 2 N–H and O–H groups in total. The molecule has 0 aliphatic carbocycles. The number of ether oxygens (including phenoxy) is 1. The number of allylic oxidation sites excluding steroid dienone is 4. The molecule has 1 heterocycles. The Labute approximate surface area is 188 Å². The van der Waals surface area contributed by atoms with Crippen LogP contribution in [0, 0.1) is 17.0 Å². The number of unbranched alkanes of at least 4 members (excludes halogenated alkanes) is 2. The zero-order valence-electron chi connectivity index (χ0n) is 18.8. The number of aromatic nitrogens is 1. The minimum Gasteiger partial charge on any atom is -0.464 e. The van der Waals surface area contributed by atoms with Crippen LogP contribution >= 0.6 is 0 Å². The summed E-state index contributed by atoms with van der Waals surface area (Å²) in [6.07, 6.45) is 14.0. The summed E-state index contributed by atoms with van der Waals surface area (Å²) >= 11 is 0. The fraction of sp³-hybridized carbons (Fsp3) is 0.478. The maximum Gasteiger partial charge on any atom is 0.328 e. The van der Waals surface area contributed by atoms with Crippen LogP contribution in [0.2, 0.25) is 0 Å². The minimum atomic E-state index is -0.856. The third-order valence-electron chi connectivity index (χ3n) is 4.72. The number of H-pyrrole nitrogens is 1. The monoisotopic (exact) mass is 447 g/mol. The zero-order valence-corrected chi connectivity index (χ0v) is 18.8. The van der Waals surface area contributed by atoms with Gasteiger partial charge in [0.2, 0.25) is 5.91 Å². The number of hydrogen-bond acceptors (Lipinski definition) is 6. The van der Waals surface area contributed by atoms with Crippen LogP contribution in [-0.4, -0.2) is 41.2 Å². The maximum absolute atomic E-state index is 12.7. The van der Waals surface area contributed by atoms with Crippen LogP contribution in [0.15, 0.2) is 37.1 Å². The first kappa shape index (κ1) is 26.7. The molecule has 0 aliphatic heterocycles. The molecule has 9 heteroatoms. The lowest BCUT2D eigenvalue weighted by Crippen LogP contribution is -2.43. The van der Waals surface area contributed by atoms with Crippen molar-refractivity contribution in [1.82, 2.24) is 10.3 Å². The van der Waals surface area contributed by atoms with Crippen LogP contribution in [0.5, 0.6) is 0 Å². The van der Waals surface area contributed by atoms with Crippen LogP contribution in [0.1, 0.15) is 55.8 Å². The van der Waals surface area contributed by atoms with Gasteiger partial charge in [-0.05, 0) is 56.7 Å². The molecule has 1 rings (SSSR count). The molecule has 0 aliphatic rings. The number of rotatable bonds is 16. The van der Waals surface area contributed by atoms with Crippen LogP contribution in [-0.2, 0) is 25.6 Å². The van der Waals surface area contributed by atoms with E-state index in [-0.39, 0.29) is 25.5 Å². The molecule has 176 valence electrons. The largest absolute Gasteiger partial charge is 0.464 e. The van der Waals surface area contributed by atoms with Gasteiger partial charge in [-0.15, -0.1) is 10.1 Å². The van der Waals surface area contributed by atoms with Crippen molar-refractivity contribution >= 4 is 18.0 Å². The van der Waals surface area contributed by atoms with Crippen molar-refractivity contribution in [2.45, 2.75) is 58.4 Å². The molecular formula is C23H33N3O6. The second kappa shape index (κ2) is 15.4. The Morgan fingerprint density at radius 2 is 2.06 bits per heavy atom. The first-order valence-corrected chi connectivity index (χ1v) is 10.7. The van der Waals surface area contributed by atoms with Gasteiger partial charge in [0.25, 0.3) is 5.09 Å². The Morgan fingerprint density at radius 1 is 1.31 bits per heavy atom. The van der Waals surface area contributed by atoms with Crippen molar-refractivity contribution in [3.05, 3.63) is 64.0 Å². The molecule has 0 saturated carbocycles. The smallest absolute Gasteiger partial charge is 0.328 e. The van der Waals surface area contributed by atoms with Gasteiger partial charge in [0.05, 0.1) is 13.2 Å². The first-order chi connectivity index (χ1) is 15.4. The van der Waals surface area contributed by atoms with Gasteiger partial charge in [-0.25, -0.2) is 4.79 Å².